The van der Waals surface area contributed by atoms with Crippen LogP contribution >= 0.6 is 12.6 Å². The summed E-state index contributed by atoms with van der Waals surface area (Å²) in [7, 11) is 0. The monoisotopic (exact) mass is 145 g/mol. The van der Waals surface area contributed by atoms with Gasteiger partial charge in [-0.3, -0.25) is 5.84 Å². The highest BCUT2D eigenvalue weighted by atomic mass is 32.1. The van der Waals surface area contributed by atoms with Gasteiger partial charge in [-0.15, -0.1) is 0 Å². The summed E-state index contributed by atoms with van der Waals surface area (Å²) in [6, 6.07) is 0. The molecule has 1 heterocycles. The summed E-state index contributed by atoms with van der Waals surface area (Å²) in [6.45, 7) is 2.19. The second-order valence-electron chi connectivity index (χ2n) is 1.84. The van der Waals surface area contributed by atoms with Crippen molar-refractivity contribution in [3.8, 4) is 5.40 Å². The van der Waals surface area contributed by atoms with Gasteiger partial charge in [0.15, 0.2) is 0 Å². The Hall–Kier alpha value is -0.240. The zero-order chi connectivity index (χ0) is 7.11. The number of thiol groups is 1. The van der Waals surface area contributed by atoms with E-state index >= 15 is 0 Å². The largest absolute Gasteiger partial charge is 0.269 e. The molecule has 0 unspecified atom stereocenters. The van der Waals surface area contributed by atoms with Gasteiger partial charge in [-0.1, -0.05) is 12.6 Å². The normalized spacial score (nSPS) is 17.9. The number of hydrogen-bond donors (Lipinski definition) is 2. The van der Waals surface area contributed by atoms with Crippen molar-refractivity contribution in [2.24, 2.45) is 5.84 Å². The molecule has 0 atom stereocenters. The maximum Gasteiger partial charge on any atom is 0.130 e. The molecule has 1 fully saturated rings. The van der Waals surface area contributed by atoms with Crippen LogP contribution in [0.2, 0.25) is 0 Å². The standard InChI is InChI=1S/C4H10N2.CHNS/c5-6-3-1-2-4-6;2-1-3/h1-5H2;3H. The Labute approximate surface area is 60.8 Å². The van der Waals surface area contributed by atoms with Crippen LogP contribution in [0.5, 0.6) is 0 Å². The minimum Gasteiger partial charge on any atom is -0.269 e. The summed E-state index contributed by atoms with van der Waals surface area (Å²) in [5.41, 5.74) is 0. The average Bonchev–Trinajstić information content (AvgIpc) is 2.20. The molecule has 1 aliphatic heterocycles. The molecule has 0 aromatic carbocycles. The first-order valence-corrected chi connectivity index (χ1v) is 3.29. The van der Waals surface area contributed by atoms with Gasteiger partial charge in [-0.05, 0) is 12.8 Å². The van der Waals surface area contributed by atoms with Crippen molar-refractivity contribution in [2.75, 3.05) is 13.1 Å². The van der Waals surface area contributed by atoms with Crippen LogP contribution in [0.1, 0.15) is 12.8 Å². The van der Waals surface area contributed by atoms with E-state index in [-0.39, 0.29) is 0 Å². The number of nitrogens with zero attached hydrogens (tertiary/aromatic N) is 2. The van der Waals surface area contributed by atoms with Crippen molar-refractivity contribution >= 4 is 12.6 Å². The summed E-state index contributed by atoms with van der Waals surface area (Å²) in [5, 5.41) is 10.5. The molecule has 2 N–H and O–H groups in total. The third-order valence-electron chi connectivity index (χ3n) is 1.14. The smallest absolute Gasteiger partial charge is 0.130 e. The number of nitrogens with two attached hydrogens (primary N) is 1. The summed E-state index contributed by atoms with van der Waals surface area (Å²) in [5.74, 6) is 5.37. The van der Waals surface area contributed by atoms with Gasteiger partial charge in [0.25, 0.3) is 0 Å². The second kappa shape index (κ2) is 5.89. The van der Waals surface area contributed by atoms with Crippen molar-refractivity contribution < 1.29 is 0 Å². The predicted octanol–water partition coefficient (Wildman–Crippen LogP) is 0.353. The fraction of sp³-hybridized carbons (Fsp3) is 0.800. The number of rotatable bonds is 0. The molecule has 0 aromatic rings. The van der Waals surface area contributed by atoms with Crippen LogP contribution < -0.4 is 5.84 Å². The molecule has 4 heteroatoms. The van der Waals surface area contributed by atoms with Crippen LogP contribution in [0, 0.1) is 10.7 Å². The van der Waals surface area contributed by atoms with E-state index in [2.05, 4.69) is 12.6 Å². The van der Waals surface area contributed by atoms with Crippen LogP contribution in [-0.4, -0.2) is 18.1 Å². The molecular weight excluding hydrogens is 134 g/mol. The van der Waals surface area contributed by atoms with E-state index in [1.807, 2.05) is 5.01 Å². The van der Waals surface area contributed by atoms with Crippen LogP contribution in [0.3, 0.4) is 0 Å². The van der Waals surface area contributed by atoms with Gasteiger partial charge in [0.1, 0.15) is 5.40 Å². The van der Waals surface area contributed by atoms with E-state index in [4.69, 9.17) is 11.1 Å². The molecule has 0 radical (unpaired) electrons. The van der Waals surface area contributed by atoms with E-state index in [1.54, 1.807) is 0 Å². The molecule has 9 heavy (non-hydrogen) atoms. The maximum atomic E-state index is 7.18. The molecule has 0 saturated carbocycles. The highest BCUT2D eigenvalue weighted by molar-refractivity contribution is 7.85. The Bertz CT molecular complexity index is 92.9. The van der Waals surface area contributed by atoms with Crippen LogP contribution in [0.25, 0.3) is 0 Å². The highest BCUT2D eigenvalue weighted by Crippen LogP contribution is 1.99. The molecule has 3 nitrogen and oxygen atoms in total. The van der Waals surface area contributed by atoms with Gasteiger partial charge >= 0.3 is 0 Å². The lowest BCUT2D eigenvalue weighted by Crippen LogP contribution is -2.26. The SMILES string of the molecule is N#CS.NN1CCCC1. The fourth-order valence-electron chi connectivity index (χ4n) is 0.742. The average molecular weight is 145 g/mol. The van der Waals surface area contributed by atoms with E-state index in [9.17, 15) is 0 Å². The molecule has 1 rings (SSSR count). The first kappa shape index (κ1) is 8.76. The molecule has 0 spiro atoms. The Morgan fingerprint density at radius 2 is 1.78 bits per heavy atom. The zero-order valence-corrected chi connectivity index (χ0v) is 6.14. The Kier molecular flexibility index (Phi) is 5.73. The summed E-state index contributed by atoms with van der Waals surface area (Å²) in [6.07, 6.45) is 2.58. The van der Waals surface area contributed by atoms with Gasteiger partial charge in [0, 0.05) is 13.1 Å². The summed E-state index contributed by atoms with van der Waals surface area (Å²) in [4.78, 5) is 0. The first-order chi connectivity index (χ1) is 4.31. The van der Waals surface area contributed by atoms with E-state index < -0.39 is 0 Å². The van der Waals surface area contributed by atoms with Crippen LogP contribution in [0.15, 0.2) is 0 Å². The lowest BCUT2D eigenvalue weighted by molar-refractivity contribution is 0.355. The first-order valence-electron chi connectivity index (χ1n) is 2.84. The van der Waals surface area contributed by atoms with Gasteiger partial charge in [0.2, 0.25) is 0 Å². The van der Waals surface area contributed by atoms with Crippen molar-refractivity contribution in [1.29, 1.82) is 5.26 Å². The minimum absolute atomic E-state index is 1.10. The molecule has 0 bridgehead atoms. The van der Waals surface area contributed by atoms with Crippen LogP contribution in [-0.2, 0) is 0 Å². The Morgan fingerprint density at radius 1 is 1.44 bits per heavy atom. The van der Waals surface area contributed by atoms with Gasteiger partial charge < -0.3 is 0 Å². The second-order valence-corrected chi connectivity index (χ2v) is 2.04. The number of thiocyanates is 1. The van der Waals surface area contributed by atoms with Gasteiger partial charge in [-0.25, -0.2) is 5.01 Å². The van der Waals surface area contributed by atoms with Crippen molar-refractivity contribution in [3.05, 3.63) is 0 Å². The molecule has 1 aliphatic rings. The fourth-order valence-corrected chi connectivity index (χ4v) is 0.742. The van der Waals surface area contributed by atoms with E-state index in [1.165, 1.54) is 18.2 Å². The lowest BCUT2D eigenvalue weighted by Gasteiger charge is -2.01. The molecule has 52 valence electrons. The molecule has 1 saturated heterocycles. The third kappa shape index (κ3) is 5.63. The van der Waals surface area contributed by atoms with E-state index in [0.717, 1.165) is 13.1 Å². The quantitative estimate of drug-likeness (QED) is 0.294. The Morgan fingerprint density at radius 3 is 1.89 bits per heavy atom. The molecule has 0 aromatic heterocycles. The van der Waals surface area contributed by atoms with Gasteiger partial charge in [0.05, 0.1) is 0 Å². The summed E-state index contributed by atoms with van der Waals surface area (Å²) < 4.78 is 0. The third-order valence-corrected chi connectivity index (χ3v) is 1.14. The van der Waals surface area contributed by atoms with Crippen molar-refractivity contribution in [3.63, 3.8) is 0 Å². The number of hydrogen-bond acceptors (Lipinski definition) is 4. The van der Waals surface area contributed by atoms with Crippen molar-refractivity contribution in [2.45, 2.75) is 12.8 Å². The number of hydrazine groups is 1. The lowest BCUT2D eigenvalue weighted by atomic mass is 10.4. The minimum atomic E-state index is 1.10. The molecular formula is C5H11N3S. The summed E-state index contributed by atoms with van der Waals surface area (Å²) >= 11 is 3.09. The number of nitriles is 1. The molecule has 0 aliphatic carbocycles. The zero-order valence-electron chi connectivity index (χ0n) is 5.25. The maximum absolute atomic E-state index is 7.18. The van der Waals surface area contributed by atoms with Crippen molar-refractivity contribution in [1.82, 2.24) is 5.01 Å². The predicted molar refractivity (Wildman–Crippen MR) is 39.6 cm³/mol. The van der Waals surface area contributed by atoms with E-state index in [0.29, 0.717) is 0 Å². The van der Waals surface area contributed by atoms with Gasteiger partial charge in [-0.2, -0.15) is 5.26 Å². The highest BCUT2D eigenvalue weighted by Gasteiger charge is 2.03. The topological polar surface area (TPSA) is 53.1 Å². The van der Waals surface area contributed by atoms with Crippen LogP contribution in [0.4, 0.5) is 0 Å². The molecule has 0 amide bonds. The Balaban J connectivity index is 0.000000187.